The van der Waals surface area contributed by atoms with Crippen molar-refractivity contribution in [3.8, 4) is 5.75 Å². The van der Waals surface area contributed by atoms with Gasteiger partial charge in [-0.05, 0) is 26.3 Å². The van der Waals surface area contributed by atoms with Gasteiger partial charge in [-0.2, -0.15) is 13.2 Å². The molecule has 3 nitrogen and oxygen atoms in total. The first-order valence-corrected chi connectivity index (χ1v) is 8.74. The van der Waals surface area contributed by atoms with E-state index in [1.54, 1.807) is 26.0 Å². The second kappa shape index (κ2) is 5.62. The van der Waals surface area contributed by atoms with Gasteiger partial charge in [-0.3, -0.25) is 0 Å². The zero-order valence-corrected chi connectivity index (χ0v) is 13.3. The minimum Gasteiger partial charge on any atom is -0.500 e. The zero-order chi connectivity index (χ0) is 15.7. The summed E-state index contributed by atoms with van der Waals surface area (Å²) in [6, 6.07) is 6.23. The van der Waals surface area contributed by atoms with Crippen molar-refractivity contribution in [2.75, 3.05) is 13.2 Å². The molecule has 1 aromatic rings. The lowest BCUT2D eigenvalue weighted by atomic mass is 9.93. The first-order chi connectivity index (χ1) is 9.88. The summed E-state index contributed by atoms with van der Waals surface area (Å²) in [5.41, 5.74) is 0.119. The minimum absolute atomic E-state index is 0.109. The molecule has 0 spiro atoms. The van der Waals surface area contributed by atoms with Gasteiger partial charge in [-0.25, -0.2) is 0 Å². The van der Waals surface area contributed by atoms with Crippen molar-refractivity contribution in [3.63, 3.8) is 0 Å². The van der Waals surface area contributed by atoms with Crippen molar-refractivity contribution in [2.45, 2.75) is 38.4 Å². The van der Waals surface area contributed by atoms with Crippen LogP contribution in [0.4, 0.5) is 13.2 Å². The van der Waals surface area contributed by atoms with E-state index in [1.165, 1.54) is 19.1 Å². The smallest absolute Gasteiger partial charge is 0.500 e. The van der Waals surface area contributed by atoms with E-state index < -0.39 is 20.0 Å². The molecule has 1 heterocycles. The number of hydrogen-bond acceptors (Lipinski definition) is 3. The van der Waals surface area contributed by atoms with Crippen LogP contribution in [0.1, 0.15) is 32.8 Å². The number of fused-ring (bicyclic) bond motifs is 1. The molecular weight excluding hydrogens is 301 g/mol. The van der Waals surface area contributed by atoms with Gasteiger partial charge in [0.15, 0.2) is 5.04 Å². The molecule has 0 radical (unpaired) electrons. The monoisotopic (exact) mass is 320 g/mol. The Kier molecular flexibility index (Phi) is 4.37. The largest absolute Gasteiger partial charge is 0.586 e. The Morgan fingerprint density at radius 1 is 1.10 bits per heavy atom. The predicted molar refractivity (Wildman–Crippen MR) is 74.1 cm³/mol. The average molecular weight is 320 g/mol. The fourth-order valence-corrected chi connectivity index (χ4v) is 6.38. The Balaban J connectivity index is 2.71. The average Bonchev–Trinajstić information content (AvgIpc) is 2.69. The minimum atomic E-state index is -4.51. The van der Waals surface area contributed by atoms with Crippen LogP contribution >= 0.6 is 0 Å². The topological polar surface area (TPSA) is 27.7 Å². The highest BCUT2D eigenvalue weighted by Gasteiger charge is 2.79. The van der Waals surface area contributed by atoms with Gasteiger partial charge in [-0.1, -0.05) is 25.1 Å². The third kappa shape index (κ3) is 2.18. The molecular formula is C14H19F3O3Si. The van der Waals surface area contributed by atoms with Crippen LogP contribution in [0.3, 0.4) is 0 Å². The number of rotatable bonds is 5. The lowest BCUT2D eigenvalue weighted by Gasteiger charge is -2.39. The Labute approximate surface area is 123 Å². The van der Waals surface area contributed by atoms with E-state index >= 15 is 0 Å². The Morgan fingerprint density at radius 3 is 2.14 bits per heavy atom. The maximum atomic E-state index is 14.0. The Morgan fingerprint density at radius 2 is 1.67 bits per heavy atom. The van der Waals surface area contributed by atoms with Crippen molar-refractivity contribution in [3.05, 3.63) is 29.8 Å². The first kappa shape index (κ1) is 16.3. The van der Waals surface area contributed by atoms with E-state index in [9.17, 15) is 13.2 Å². The molecule has 1 atom stereocenters. The van der Waals surface area contributed by atoms with Crippen LogP contribution in [-0.2, 0) is 13.9 Å². The Bertz CT molecular complexity index is 500. The summed E-state index contributed by atoms with van der Waals surface area (Å²) in [5.74, 6) is 0.213. The fourth-order valence-electron chi connectivity index (χ4n) is 2.97. The van der Waals surface area contributed by atoms with Crippen LogP contribution in [0.2, 0.25) is 0 Å². The number of para-hydroxylation sites is 1. The highest BCUT2D eigenvalue weighted by molar-refractivity contribution is 6.66. The van der Waals surface area contributed by atoms with E-state index in [4.69, 9.17) is 13.3 Å². The lowest BCUT2D eigenvalue weighted by Crippen LogP contribution is -2.67. The fraction of sp³-hybridized carbons (Fsp3) is 0.571. The van der Waals surface area contributed by atoms with Crippen LogP contribution < -0.4 is 4.43 Å². The SMILES string of the molecule is CCO[Si]1(OCC)Oc2ccccc2C1(CC)C(F)(F)F. The van der Waals surface area contributed by atoms with Crippen LogP contribution in [0.15, 0.2) is 24.3 Å². The highest BCUT2D eigenvalue weighted by Crippen LogP contribution is 2.57. The summed E-state index contributed by atoms with van der Waals surface area (Å²) >= 11 is 0. The summed E-state index contributed by atoms with van der Waals surface area (Å²) in [7, 11) is -3.98. The van der Waals surface area contributed by atoms with Crippen LogP contribution in [0.5, 0.6) is 5.75 Å². The van der Waals surface area contributed by atoms with Gasteiger partial charge < -0.3 is 13.3 Å². The van der Waals surface area contributed by atoms with E-state index in [2.05, 4.69) is 0 Å². The van der Waals surface area contributed by atoms with Crippen molar-refractivity contribution < 1.29 is 26.4 Å². The summed E-state index contributed by atoms with van der Waals surface area (Å²) < 4.78 is 58.8. The number of halogens is 3. The Hall–Kier alpha value is -1.05. The van der Waals surface area contributed by atoms with Gasteiger partial charge in [0, 0.05) is 18.8 Å². The third-order valence-electron chi connectivity index (χ3n) is 3.80. The summed E-state index contributed by atoms with van der Waals surface area (Å²) in [6.07, 6.45) is -4.69. The van der Waals surface area contributed by atoms with E-state index in [0.29, 0.717) is 0 Å². The maximum Gasteiger partial charge on any atom is 0.586 e. The molecule has 1 aliphatic rings. The van der Waals surface area contributed by atoms with Crippen LogP contribution in [0.25, 0.3) is 0 Å². The molecule has 0 amide bonds. The number of benzene rings is 1. The van der Waals surface area contributed by atoms with Crippen molar-refractivity contribution >= 4 is 8.80 Å². The quantitative estimate of drug-likeness (QED) is 0.772. The number of hydrogen-bond donors (Lipinski definition) is 0. The lowest BCUT2D eigenvalue weighted by molar-refractivity contribution is -0.180. The first-order valence-electron chi connectivity index (χ1n) is 7.01. The second-order valence-corrected chi connectivity index (χ2v) is 7.52. The summed E-state index contributed by atoms with van der Waals surface area (Å²) in [5, 5.41) is -2.21. The summed E-state index contributed by atoms with van der Waals surface area (Å²) in [4.78, 5) is 0. The van der Waals surface area contributed by atoms with E-state index in [-0.39, 0.29) is 30.9 Å². The number of alkyl halides is 3. The third-order valence-corrected chi connectivity index (χ3v) is 7.57. The molecule has 1 aromatic carbocycles. The normalized spacial score (nSPS) is 23.7. The molecule has 7 heteroatoms. The van der Waals surface area contributed by atoms with Crippen molar-refractivity contribution in [1.82, 2.24) is 0 Å². The van der Waals surface area contributed by atoms with Gasteiger partial charge in [0.05, 0.1) is 0 Å². The van der Waals surface area contributed by atoms with Gasteiger partial charge >= 0.3 is 15.0 Å². The molecule has 2 rings (SSSR count). The summed E-state index contributed by atoms with van der Waals surface area (Å²) in [6.45, 7) is 5.02. The maximum absolute atomic E-state index is 14.0. The van der Waals surface area contributed by atoms with Crippen LogP contribution in [-0.4, -0.2) is 28.2 Å². The molecule has 0 N–H and O–H groups in total. The molecule has 118 valence electrons. The van der Waals surface area contributed by atoms with Gasteiger partial charge in [0.1, 0.15) is 5.75 Å². The molecule has 0 aliphatic carbocycles. The molecule has 21 heavy (non-hydrogen) atoms. The van der Waals surface area contributed by atoms with Crippen LogP contribution in [0, 0.1) is 0 Å². The zero-order valence-electron chi connectivity index (χ0n) is 12.3. The molecule has 1 aliphatic heterocycles. The van der Waals surface area contributed by atoms with E-state index in [1.807, 2.05) is 0 Å². The molecule has 1 unspecified atom stereocenters. The molecule has 0 saturated carbocycles. The van der Waals surface area contributed by atoms with Crippen molar-refractivity contribution in [2.24, 2.45) is 0 Å². The highest BCUT2D eigenvalue weighted by atomic mass is 28.4. The second-order valence-electron chi connectivity index (χ2n) is 4.78. The van der Waals surface area contributed by atoms with Crippen molar-refractivity contribution in [1.29, 1.82) is 0 Å². The standard InChI is InChI=1S/C14H19F3O3Si/c1-4-13(14(15,16)17)11-9-7-8-10-12(11)20-21(13,18-5-2)19-6-3/h7-10H,4-6H2,1-3H3. The molecule has 0 saturated heterocycles. The van der Waals surface area contributed by atoms with Gasteiger partial charge in [-0.15, -0.1) is 0 Å². The van der Waals surface area contributed by atoms with Gasteiger partial charge in [0.25, 0.3) is 0 Å². The van der Waals surface area contributed by atoms with E-state index in [0.717, 1.165) is 0 Å². The molecule has 0 fully saturated rings. The molecule has 0 bridgehead atoms. The van der Waals surface area contributed by atoms with Gasteiger partial charge in [0.2, 0.25) is 0 Å². The molecule has 0 aromatic heterocycles. The predicted octanol–water partition coefficient (Wildman–Crippen LogP) is 3.84.